The third-order valence-corrected chi connectivity index (χ3v) is 4.21. The van der Waals surface area contributed by atoms with Crippen molar-refractivity contribution in [1.82, 2.24) is 10.3 Å². The van der Waals surface area contributed by atoms with E-state index in [2.05, 4.69) is 28.5 Å². The van der Waals surface area contributed by atoms with Crippen LogP contribution in [0.4, 0.5) is 0 Å². The lowest BCUT2D eigenvalue weighted by atomic mass is 9.99. The van der Waals surface area contributed by atoms with Crippen molar-refractivity contribution in [2.24, 2.45) is 0 Å². The van der Waals surface area contributed by atoms with Crippen LogP contribution in [0.25, 0.3) is 0 Å². The maximum absolute atomic E-state index is 6.17. The van der Waals surface area contributed by atoms with E-state index in [9.17, 15) is 0 Å². The number of nitrogens with one attached hydrogen (secondary N) is 1. The van der Waals surface area contributed by atoms with Gasteiger partial charge in [0.2, 0.25) is 0 Å². The van der Waals surface area contributed by atoms with E-state index in [1.54, 1.807) is 6.20 Å². The average Bonchev–Trinajstić information content (AvgIpc) is 2.60. The van der Waals surface area contributed by atoms with E-state index in [0.29, 0.717) is 0 Å². The number of rotatable bonds is 6. The van der Waals surface area contributed by atoms with Crippen LogP contribution in [-0.2, 0) is 11.2 Å². The smallest absolute Gasteiger partial charge is 0.0689 e. The summed E-state index contributed by atoms with van der Waals surface area (Å²) >= 11 is 6.17. The van der Waals surface area contributed by atoms with Crippen molar-refractivity contribution in [3.8, 4) is 0 Å². The molecule has 1 N–H and O–H groups in total. The SMILES string of the molecule is Clc1cccc(C(Cc2cccnc2)NCC2=CCCOC2)c1. The summed E-state index contributed by atoms with van der Waals surface area (Å²) in [4.78, 5) is 4.21. The van der Waals surface area contributed by atoms with Gasteiger partial charge in [0.05, 0.1) is 13.2 Å². The fourth-order valence-corrected chi connectivity index (χ4v) is 2.97. The molecular weight excluding hydrogens is 308 g/mol. The summed E-state index contributed by atoms with van der Waals surface area (Å²) < 4.78 is 5.52. The first-order chi connectivity index (χ1) is 11.3. The highest BCUT2D eigenvalue weighted by Crippen LogP contribution is 2.22. The fourth-order valence-electron chi connectivity index (χ4n) is 2.77. The van der Waals surface area contributed by atoms with Gasteiger partial charge in [-0.3, -0.25) is 4.98 Å². The lowest BCUT2D eigenvalue weighted by Gasteiger charge is -2.22. The predicted molar refractivity (Wildman–Crippen MR) is 93.7 cm³/mol. The Morgan fingerprint density at radius 2 is 2.22 bits per heavy atom. The standard InChI is InChI=1S/C19H21ClN2O/c20-18-7-1-6-17(11-18)19(10-15-4-2-8-21-12-15)22-13-16-5-3-9-23-14-16/h1-2,4-8,11-12,19,22H,3,9-10,13-14H2. The molecule has 1 aliphatic rings. The molecule has 1 aliphatic heterocycles. The second-order valence-electron chi connectivity index (χ2n) is 5.76. The second-order valence-corrected chi connectivity index (χ2v) is 6.19. The van der Waals surface area contributed by atoms with Gasteiger partial charge in [0.1, 0.15) is 0 Å². The highest BCUT2D eigenvalue weighted by atomic mass is 35.5. The van der Waals surface area contributed by atoms with Crippen LogP contribution in [-0.4, -0.2) is 24.7 Å². The van der Waals surface area contributed by atoms with Gasteiger partial charge in [0.25, 0.3) is 0 Å². The zero-order chi connectivity index (χ0) is 15.9. The normalized spacial score (nSPS) is 16.0. The van der Waals surface area contributed by atoms with Crippen LogP contribution in [0.15, 0.2) is 60.4 Å². The van der Waals surface area contributed by atoms with Crippen LogP contribution < -0.4 is 5.32 Å². The Bertz CT molecular complexity index is 657. The summed E-state index contributed by atoms with van der Waals surface area (Å²) in [5.41, 5.74) is 3.71. The Morgan fingerprint density at radius 1 is 1.26 bits per heavy atom. The number of pyridine rings is 1. The van der Waals surface area contributed by atoms with Crippen molar-refractivity contribution in [2.75, 3.05) is 19.8 Å². The highest BCUT2D eigenvalue weighted by molar-refractivity contribution is 6.30. The van der Waals surface area contributed by atoms with Crippen LogP contribution in [0, 0.1) is 0 Å². The minimum absolute atomic E-state index is 0.195. The zero-order valence-electron chi connectivity index (χ0n) is 13.0. The van der Waals surface area contributed by atoms with E-state index in [0.717, 1.165) is 37.6 Å². The Balaban J connectivity index is 1.74. The molecule has 1 atom stereocenters. The molecule has 1 aromatic carbocycles. The lowest BCUT2D eigenvalue weighted by Crippen LogP contribution is -2.27. The molecule has 0 fully saturated rings. The molecule has 2 heterocycles. The average molecular weight is 329 g/mol. The molecular formula is C19H21ClN2O. The second kappa shape index (κ2) is 8.25. The van der Waals surface area contributed by atoms with Gasteiger partial charge in [0, 0.05) is 30.0 Å². The first-order valence-electron chi connectivity index (χ1n) is 7.94. The fraction of sp³-hybridized carbons (Fsp3) is 0.316. The first kappa shape index (κ1) is 16.2. The van der Waals surface area contributed by atoms with E-state index in [1.165, 1.54) is 16.7 Å². The van der Waals surface area contributed by atoms with Crippen LogP contribution in [0.5, 0.6) is 0 Å². The molecule has 3 rings (SSSR count). The number of hydrogen-bond donors (Lipinski definition) is 1. The third-order valence-electron chi connectivity index (χ3n) is 3.97. The Morgan fingerprint density at radius 3 is 2.96 bits per heavy atom. The van der Waals surface area contributed by atoms with Crippen molar-refractivity contribution < 1.29 is 4.74 Å². The predicted octanol–water partition coefficient (Wildman–Crippen LogP) is 3.96. The van der Waals surface area contributed by atoms with Gasteiger partial charge >= 0.3 is 0 Å². The van der Waals surface area contributed by atoms with E-state index >= 15 is 0 Å². The Hall–Kier alpha value is -1.68. The van der Waals surface area contributed by atoms with Crippen LogP contribution in [0.2, 0.25) is 5.02 Å². The molecule has 0 radical (unpaired) electrons. The summed E-state index contributed by atoms with van der Waals surface area (Å²) in [6, 6.07) is 12.3. The van der Waals surface area contributed by atoms with Gasteiger partial charge in [-0.2, -0.15) is 0 Å². The summed E-state index contributed by atoms with van der Waals surface area (Å²) in [6.45, 7) is 2.39. The van der Waals surface area contributed by atoms with Gasteiger partial charge in [-0.05, 0) is 47.7 Å². The van der Waals surface area contributed by atoms with Gasteiger partial charge in [0.15, 0.2) is 0 Å². The first-order valence-corrected chi connectivity index (χ1v) is 8.32. The van der Waals surface area contributed by atoms with Crippen LogP contribution in [0.3, 0.4) is 0 Å². The number of hydrogen-bond acceptors (Lipinski definition) is 3. The topological polar surface area (TPSA) is 34.2 Å². The number of nitrogens with zero attached hydrogens (tertiary/aromatic N) is 1. The molecule has 3 nitrogen and oxygen atoms in total. The summed E-state index contributed by atoms with van der Waals surface area (Å²) in [5.74, 6) is 0. The monoisotopic (exact) mass is 328 g/mol. The largest absolute Gasteiger partial charge is 0.377 e. The number of benzene rings is 1. The minimum atomic E-state index is 0.195. The quantitative estimate of drug-likeness (QED) is 0.815. The van der Waals surface area contributed by atoms with Gasteiger partial charge in [-0.25, -0.2) is 0 Å². The third kappa shape index (κ3) is 4.90. The van der Waals surface area contributed by atoms with Gasteiger partial charge < -0.3 is 10.1 Å². The van der Waals surface area contributed by atoms with E-state index in [4.69, 9.17) is 16.3 Å². The van der Waals surface area contributed by atoms with Crippen molar-refractivity contribution in [3.05, 3.63) is 76.6 Å². The van der Waals surface area contributed by atoms with Crippen molar-refractivity contribution >= 4 is 11.6 Å². The molecule has 1 unspecified atom stereocenters. The lowest BCUT2D eigenvalue weighted by molar-refractivity contribution is 0.148. The molecule has 23 heavy (non-hydrogen) atoms. The molecule has 0 amide bonds. The summed E-state index contributed by atoms with van der Waals surface area (Å²) in [6.07, 6.45) is 7.87. The summed E-state index contributed by atoms with van der Waals surface area (Å²) in [5, 5.41) is 4.41. The van der Waals surface area contributed by atoms with Crippen molar-refractivity contribution in [2.45, 2.75) is 18.9 Å². The number of halogens is 1. The zero-order valence-corrected chi connectivity index (χ0v) is 13.8. The van der Waals surface area contributed by atoms with Crippen LogP contribution >= 0.6 is 11.6 Å². The van der Waals surface area contributed by atoms with E-state index in [1.807, 2.05) is 30.5 Å². The van der Waals surface area contributed by atoms with Gasteiger partial charge in [-0.1, -0.05) is 35.9 Å². The van der Waals surface area contributed by atoms with Crippen LogP contribution in [0.1, 0.15) is 23.6 Å². The van der Waals surface area contributed by atoms with E-state index < -0.39 is 0 Å². The molecule has 0 aliphatic carbocycles. The highest BCUT2D eigenvalue weighted by Gasteiger charge is 2.14. The van der Waals surface area contributed by atoms with Crippen molar-refractivity contribution in [1.29, 1.82) is 0 Å². The Labute approximate surface area is 142 Å². The Kier molecular flexibility index (Phi) is 5.81. The maximum atomic E-state index is 6.17. The molecule has 0 spiro atoms. The maximum Gasteiger partial charge on any atom is 0.0689 e. The molecule has 1 aromatic heterocycles. The molecule has 4 heteroatoms. The van der Waals surface area contributed by atoms with Crippen molar-refractivity contribution in [3.63, 3.8) is 0 Å². The summed E-state index contributed by atoms with van der Waals surface area (Å²) in [7, 11) is 0. The molecule has 2 aromatic rings. The molecule has 0 bridgehead atoms. The molecule has 0 saturated heterocycles. The minimum Gasteiger partial charge on any atom is -0.377 e. The molecule has 0 saturated carbocycles. The number of aromatic nitrogens is 1. The van der Waals surface area contributed by atoms with E-state index in [-0.39, 0.29) is 6.04 Å². The number of ether oxygens (including phenoxy) is 1. The molecule has 120 valence electrons. The van der Waals surface area contributed by atoms with Gasteiger partial charge in [-0.15, -0.1) is 0 Å².